The number of para-hydroxylation sites is 1. The van der Waals surface area contributed by atoms with Gasteiger partial charge in [-0.15, -0.1) is 0 Å². The number of aliphatic hydroxyl groups excluding tert-OH is 1. The molecule has 2 heterocycles. The molecule has 3 N–H and O–H groups in total. The van der Waals surface area contributed by atoms with Crippen LogP contribution in [0.25, 0.3) is 22.0 Å². The number of nitrogens with one attached hydrogen (secondary N) is 2. The molecule has 0 bridgehead atoms. The molecular formula is C24H27F2N3O2. The molecule has 0 amide bonds. The van der Waals surface area contributed by atoms with Crippen LogP contribution in [0.15, 0.2) is 35.6 Å². The van der Waals surface area contributed by atoms with Crippen molar-refractivity contribution in [2.75, 3.05) is 5.32 Å². The lowest BCUT2D eigenvalue weighted by molar-refractivity contribution is -0.00168. The monoisotopic (exact) mass is 427 g/mol. The van der Waals surface area contributed by atoms with Gasteiger partial charge >= 0.3 is 0 Å². The topological polar surface area (TPSA) is 69.6 Å². The average molecular weight is 427 g/mol. The molecule has 1 unspecified atom stereocenters. The van der Waals surface area contributed by atoms with Crippen LogP contribution in [0.4, 0.5) is 14.5 Å². The number of benzene rings is 2. The van der Waals surface area contributed by atoms with E-state index < -0.39 is 28.9 Å². The number of rotatable bonds is 2. The zero-order valence-corrected chi connectivity index (χ0v) is 18.5. The van der Waals surface area contributed by atoms with Crippen LogP contribution >= 0.6 is 0 Å². The number of aromatic nitrogens is 1. The highest BCUT2D eigenvalue weighted by Gasteiger charge is 2.42. The number of halogens is 2. The van der Waals surface area contributed by atoms with E-state index in [-0.39, 0.29) is 22.5 Å². The maximum atomic E-state index is 16.0. The largest absolute Gasteiger partial charge is 0.390 e. The summed E-state index contributed by atoms with van der Waals surface area (Å²) in [4.78, 5) is 8.64. The fraction of sp³-hybridized carbons (Fsp3) is 0.375. The first-order valence-electron chi connectivity index (χ1n) is 10.2. The SMILES string of the molecule is Cc1c[nH]c2c(-c3c(F)cc4c(c3F)/C(=N\OC(C)(C)C)C(O)C(C)(C)N4)cccc12. The minimum absolute atomic E-state index is 0.00718. The minimum atomic E-state index is -1.17. The van der Waals surface area contributed by atoms with E-state index in [0.717, 1.165) is 10.9 Å². The van der Waals surface area contributed by atoms with Crippen molar-refractivity contribution in [2.24, 2.45) is 5.16 Å². The third kappa shape index (κ3) is 3.57. The molecule has 3 aromatic rings. The van der Waals surface area contributed by atoms with Crippen LogP contribution in [0.1, 0.15) is 45.7 Å². The van der Waals surface area contributed by atoms with Crippen molar-refractivity contribution in [3.05, 3.63) is 53.2 Å². The maximum Gasteiger partial charge on any atom is 0.145 e. The first-order chi connectivity index (χ1) is 14.4. The number of aromatic amines is 1. The predicted molar refractivity (Wildman–Crippen MR) is 119 cm³/mol. The van der Waals surface area contributed by atoms with Gasteiger partial charge in [-0.25, -0.2) is 8.78 Å². The number of fused-ring (bicyclic) bond motifs is 2. The van der Waals surface area contributed by atoms with E-state index in [1.54, 1.807) is 52.9 Å². The molecule has 0 saturated carbocycles. The number of hydrogen-bond donors (Lipinski definition) is 3. The summed E-state index contributed by atoms with van der Waals surface area (Å²) < 4.78 is 31.3. The molecular weight excluding hydrogens is 400 g/mol. The molecule has 2 aromatic carbocycles. The normalized spacial score (nSPS) is 19.4. The minimum Gasteiger partial charge on any atom is -0.390 e. The number of aryl methyl sites for hydroxylation is 1. The Labute approximate surface area is 180 Å². The van der Waals surface area contributed by atoms with Crippen LogP contribution in [0.5, 0.6) is 0 Å². The summed E-state index contributed by atoms with van der Waals surface area (Å²) in [6, 6.07) is 6.59. The maximum absolute atomic E-state index is 16.0. The van der Waals surface area contributed by atoms with Crippen LogP contribution in [0.2, 0.25) is 0 Å². The summed E-state index contributed by atoms with van der Waals surface area (Å²) in [6.07, 6.45) is 0.638. The number of aliphatic hydroxyl groups is 1. The Morgan fingerprint density at radius 3 is 2.55 bits per heavy atom. The van der Waals surface area contributed by atoms with E-state index in [9.17, 15) is 5.11 Å². The molecule has 1 aliphatic rings. The van der Waals surface area contributed by atoms with Gasteiger partial charge < -0.3 is 20.2 Å². The number of oxime groups is 1. The zero-order valence-electron chi connectivity index (χ0n) is 18.5. The molecule has 0 aliphatic carbocycles. The Balaban J connectivity index is 2.00. The van der Waals surface area contributed by atoms with Crippen molar-refractivity contribution >= 4 is 22.3 Å². The van der Waals surface area contributed by atoms with Gasteiger partial charge in [0, 0.05) is 22.8 Å². The molecule has 0 spiro atoms. The third-order valence-corrected chi connectivity index (χ3v) is 5.48. The highest BCUT2D eigenvalue weighted by molar-refractivity contribution is 6.12. The Kier molecular flexibility index (Phi) is 4.85. The highest BCUT2D eigenvalue weighted by atomic mass is 19.1. The van der Waals surface area contributed by atoms with Crippen molar-refractivity contribution < 1.29 is 18.7 Å². The van der Waals surface area contributed by atoms with E-state index in [1.165, 1.54) is 6.07 Å². The van der Waals surface area contributed by atoms with Crippen LogP contribution in [0.3, 0.4) is 0 Å². The number of hydrogen-bond acceptors (Lipinski definition) is 4. The van der Waals surface area contributed by atoms with Crippen molar-refractivity contribution in [1.29, 1.82) is 0 Å². The molecule has 7 heteroatoms. The lowest BCUT2D eigenvalue weighted by Gasteiger charge is -2.39. The van der Waals surface area contributed by atoms with Gasteiger partial charge in [0.1, 0.15) is 29.1 Å². The molecule has 0 saturated heterocycles. The molecule has 4 rings (SSSR count). The summed E-state index contributed by atoms with van der Waals surface area (Å²) in [7, 11) is 0. The Morgan fingerprint density at radius 2 is 1.87 bits per heavy atom. The Hall–Kier alpha value is -2.93. The fourth-order valence-electron chi connectivity index (χ4n) is 3.89. The smallest absolute Gasteiger partial charge is 0.145 e. The molecule has 164 valence electrons. The Morgan fingerprint density at radius 1 is 1.16 bits per heavy atom. The van der Waals surface area contributed by atoms with Crippen molar-refractivity contribution in [2.45, 2.75) is 58.8 Å². The van der Waals surface area contributed by atoms with Crippen molar-refractivity contribution in [3.63, 3.8) is 0 Å². The summed E-state index contributed by atoms with van der Waals surface area (Å²) in [6.45, 7) is 10.8. The quantitative estimate of drug-likeness (QED) is 0.473. The van der Waals surface area contributed by atoms with Gasteiger partial charge in [-0.3, -0.25) is 0 Å². The summed E-state index contributed by atoms with van der Waals surface area (Å²) >= 11 is 0. The van der Waals surface area contributed by atoms with E-state index in [1.807, 2.05) is 13.0 Å². The molecule has 1 atom stereocenters. The third-order valence-electron chi connectivity index (χ3n) is 5.48. The van der Waals surface area contributed by atoms with Gasteiger partial charge in [0.25, 0.3) is 0 Å². The summed E-state index contributed by atoms with van der Waals surface area (Å²) in [5.41, 5.74) is 0.568. The number of H-pyrrole nitrogens is 1. The first-order valence-corrected chi connectivity index (χ1v) is 10.2. The summed E-state index contributed by atoms with van der Waals surface area (Å²) in [5, 5.41) is 19.0. The van der Waals surface area contributed by atoms with Gasteiger partial charge in [0.05, 0.1) is 22.2 Å². The molecule has 0 radical (unpaired) electrons. The van der Waals surface area contributed by atoms with Gasteiger partial charge in [0.2, 0.25) is 0 Å². The standard InChI is InChI=1S/C24H27F2N3O2/c1-12-11-27-20-13(12)8-7-9-14(20)17-15(25)10-16-18(19(17)26)21(29-31-23(2,3)4)22(30)24(5,6)28-16/h7-11,22,27-28,30H,1-6H3/b29-21+. The second kappa shape index (κ2) is 7.05. The lowest BCUT2D eigenvalue weighted by Crippen LogP contribution is -2.52. The van der Waals surface area contributed by atoms with E-state index in [4.69, 9.17) is 4.84 Å². The summed E-state index contributed by atoms with van der Waals surface area (Å²) in [5.74, 6) is -1.50. The van der Waals surface area contributed by atoms with Gasteiger partial charge in [0.15, 0.2) is 0 Å². The van der Waals surface area contributed by atoms with Crippen molar-refractivity contribution in [3.8, 4) is 11.1 Å². The lowest BCUT2D eigenvalue weighted by atomic mass is 9.83. The van der Waals surface area contributed by atoms with Crippen LogP contribution in [0, 0.1) is 18.6 Å². The van der Waals surface area contributed by atoms with Crippen molar-refractivity contribution in [1.82, 2.24) is 4.98 Å². The van der Waals surface area contributed by atoms with Gasteiger partial charge in [-0.2, -0.15) is 0 Å². The second-order valence-corrected chi connectivity index (χ2v) is 9.60. The fourth-order valence-corrected chi connectivity index (χ4v) is 3.89. The number of anilines is 1. The predicted octanol–water partition coefficient (Wildman–Crippen LogP) is 5.51. The highest BCUT2D eigenvalue weighted by Crippen LogP contribution is 2.41. The van der Waals surface area contributed by atoms with Gasteiger partial charge in [-0.05, 0) is 53.2 Å². The first kappa shape index (κ1) is 21.3. The Bertz CT molecular complexity index is 1210. The number of nitrogens with zero attached hydrogens (tertiary/aromatic N) is 1. The molecule has 5 nitrogen and oxygen atoms in total. The molecule has 0 fully saturated rings. The van der Waals surface area contributed by atoms with Crippen LogP contribution in [-0.4, -0.2) is 33.0 Å². The van der Waals surface area contributed by atoms with Crippen LogP contribution in [-0.2, 0) is 4.84 Å². The molecule has 1 aliphatic heterocycles. The van der Waals surface area contributed by atoms with E-state index >= 15 is 8.78 Å². The van der Waals surface area contributed by atoms with E-state index in [0.29, 0.717) is 11.1 Å². The zero-order chi connectivity index (χ0) is 22.7. The molecule has 31 heavy (non-hydrogen) atoms. The molecule has 1 aromatic heterocycles. The second-order valence-electron chi connectivity index (χ2n) is 9.60. The van der Waals surface area contributed by atoms with Gasteiger partial charge in [-0.1, -0.05) is 23.4 Å². The van der Waals surface area contributed by atoms with E-state index in [2.05, 4.69) is 15.5 Å². The average Bonchev–Trinajstić information content (AvgIpc) is 3.03. The van der Waals surface area contributed by atoms with Crippen LogP contribution < -0.4 is 5.32 Å².